The van der Waals surface area contributed by atoms with Crippen LogP contribution in [0.15, 0.2) is 36.4 Å². The van der Waals surface area contributed by atoms with Crippen LogP contribution in [-0.2, 0) is 28.6 Å². The number of anilines is 2. The number of carbonyl (C=O) groups is 1. The first-order valence-corrected chi connectivity index (χ1v) is 19.5. The molecule has 0 aromatic heterocycles. The number of hydrogen-bond donors (Lipinski definition) is 1. The summed E-state index contributed by atoms with van der Waals surface area (Å²) in [6.07, 6.45) is 10.1. The molecule has 5 nitrogen and oxygen atoms in total. The highest BCUT2D eigenvalue weighted by atomic mass is 35.5. The Morgan fingerprint density at radius 2 is 1.35 bits per heavy atom. The van der Waals surface area contributed by atoms with E-state index in [9.17, 15) is 9.90 Å². The van der Waals surface area contributed by atoms with Crippen molar-refractivity contribution in [3.05, 3.63) is 103 Å². The van der Waals surface area contributed by atoms with Gasteiger partial charge in [-0.3, -0.25) is 0 Å². The molecule has 1 aliphatic carbocycles. The maximum absolute atomic E-state index is 14.5. The van der Waals surface area contributed by atoms with Crippen molar-refractivity contribution in [3.63, 3.8) is 0 Å². The van der Waals surface area contributed by atoms with Crippen LogP contribution in [0.1, 0.15) is 147 Å². The van der Waals surface area contributed by atoms with Gasteiger partial charge in [-0.1, -0.05) is 49.4 Å². The lowest BCUT2D eigenvalue weighted by Gasteiger charge is -2.54. The van der Waals surface area contributed by atoms with Crippen molar-refractivity contribution in [2.45, 2.75) is 116 Å². The van der Waals surface area contributed by atoms with Crippen LogP contribution in [0.25, 0.3) is 11.1 Å². The summed E-state index contributed by atoms with van der Waals surface area (Å²) < 4.78 is 7.04. The quantitative estimate of drug-likeness (QED) is 0.163. The highest BCUT2D eigenvalue weighted by Gasteiger charge is 2.59. The zero-order valence-corrected chi connectivity index (χ0v) is 32.6. The van der Waals surface area contributed by atoms with Crippen LogP contribution in [0.5, 0.6) is 0 Å². The molecule has 6 aliphatic rings. The Morgan fingerprint density at radius 3 is 1.87 bits per heavy atom. The minimum Gasteiger partial charge on any atom is -0.441 e. The van der Waals surface area contributed by atoms with Gasteiger partial charge in [0, 0.05) is 76.3 Å². The summed E-state index contributed by atoms with van der Waals surface area (Å²) >= 11 is 7.10. The number of halogens is 1. The van der Waals surface area contributed by atoms with Gasteiger partial charge >= 0.3 is 5.97 Å². The molecule has 0 radical (unpaired) electrons. The molecule has 3 aromatic rings. The molecule has 5 heterocycles. The van der Waals surface area contributed by atoms with Gasteiger partial charge in [0.05, 0.1) is 21.7 Å². The Morgan fingerprint density at radius 1 is 0.808 bits per heavy atom. The monoisotopic (exact) mass is 712 g/mol. The van der Waals surface area contributed by atoms with Crippen LogP contribution in [0.3, 0.4) is 0 Å². The molecule has 0 saturated heterocycles. The number of benzene rings is 3. The van der Waals surface area contributed by atoms with Crippen LogP contribution >= 0.6 is 11.6 Å². The Hall–Kier alpha value is -3.98. The lowest BCUT2D eigenvalue weighted by Crippen LogP contribution is -2.51. The first-order valence-electron chi connectivity index (χ1n) is 19.2. The zero-order valence-electron chi connectivity index (χ0n) is 31.9. The number of hydrogen-bond acceptors (Lipinski definition) is 5. The van der Waals surface area contributed by atoms with Crippen LogP contribution in [0.2, 0.25) is 5.02 Å². The average Bonchev–Trinajstić information content (AvgIpc) is 3.38. The second-order valence-electron chi connectivity index (χ2n) is 17.5. The SMILES string of the molecule is CC1=CC(C)(C)N2CCCc3c2c1cc1c3C(C)(C)c2c(cc3c4c2CCCN4C(C)(C)C=C3C)C12OC(=O)c1c(Cl)cc(C#CCCCO)cc12. The summed E-state index contributed by atoms with van der Waals surface area (Å²) in [6, 6.07) is 8.61. The third-order valence-corrected chi connectivity index (χ3v) is 13.3. The van der Waals surface area contributed by atoms with Gasteiger partial charge in [0.15, 0.2) is 5.60 Å². The maximum Gasteiger partial charge on any atom is 0.341 e. The van der Waals surface area contributed by atoms with Crippen molar-refractivity contribution in [3.8, 4) is 11.8 Å². The number of rotatable bonds is 2. The third kappa shape index (κ3) is 4.32. The zero-order chi connectivity index (χ0) is 36.7. The molecule has 0 saturated carbocycles. The summed E-state index contributed by atoms with van der Waals surface area (Å²) in [7, 11) is 0. The number of allylic oxidation sites excluding steroid dienone is 2. The fraction of sp³-hybridized carbons (Fsp3) is 0.457. The van der Waals surface area contributed by atoms with Crippen LogP contribution in [0, 0.1) is 11.8 Å². The predicted octanol–water partition coefficient (Wildman–Crippen LogP) is 9.46. The molecule has 52 heavy (non-hydrogen) atoms. The summed E-state index contributed by atoms with van der Waals surface area (Å²) in [5.41, 5.74) is 15.3. The highest BCUT2D eigenvalue weighted by molar-refractivity contribution is 6.34. The maximum atomic E-state index is 14.5. The number of ether oxygens (including phenoxy) is 1. The van der Waals surface area contributed by atoms with Gasteiger partial charge in [-0.05, 0) is 131 Å². The van der Waals surface area contributed by atoms with E-state index in [0.29, 0.717) is 23.4 Å². The van der Waals surface area contributed by atoms with E-state index in [2.05, 4.69) is 107 Å². The fourth-order valence-corrected chi connectivity index (χ4v) is 11.4. The fourth-order valence-electron chi connectivity index (χ4n) is 11.1. The van der Waals surface area contributed by atoms with E-state index >= 15 is 0 Å². The van der Waals surface area contributed by atoms with E-state index in [4.69, 9.17) is 16.3 Å². The number of nitrogens with zero attached hydrogens (tertiary/aromatic N) is 2. The summed E-state index contributed by atoms with van der Waals surface area (Å²) in [6.45, 7) is 20.8. The van der Waals surface area contributed by atoms with E-state index in [1.807, 2.05) is 0 Å². The van der Waals surface area contributed by atoms with Gasteiger partial charge in [0.25, 0.3) is 0 Å². The van der Waals surface area contributed by atoms with Crippen LogP contribution in [-0.4, -0.2) is 41.9 Å². The van der Waals surface area contributed by atoms with Gasteiger partial charge < -0.3 is 19.6 Å². The van der Waals surface area contributed by atoms with Crippen LogP contribution in [0.4, 0.5) is 11.4 Å². The van der Waals surface area contributed by atoms with Gasteiger partial charge in [0.1, 0.15) is 0 Å². The second kappa shape index (κ2) is 11.0. The largest absolute Gasteiger partial charge is 0.441 e. The van der Waals surface area contributed by atoms with Crippen molar-refractivity contribution < 1.29 is 14.6 Å². The minimum atomic E-state index is -1.21. The molecule has 0 fully saturated rings. The standard InChI is InChI=1S/C46H49ClN2O3/c1-26-24-43(3,4)48-17-12-15-29-38-34(22-31(26)40(29)48)46(33-20-28(14-10-9-11-19-50)21-36(47)37(33)42(51)52-46)35-23-32-27(2)25-44(5,6)49-18-13-16-30(41(32)49)39(35)45(38,7)8/h20-25,50H,9,11-13,15-19H2,1-8H3. The molecule has 0 unspecified atom stereocenters. The van der Waals surface area contributed by atoms with Crippen molar-refractivity contribution in [2.24, 2.45) is 0 Å². The second-order valence-corrected chi connectivity index (χ2v) is 17.9. The first-order chi connectivity index (χ1) is 24.6. The minimum absolute atomic E-state index is 0.0959. The number of fused-ring (bicyclic) bond motifs is 8. The molecule has 1 N–H and O–H groups in total. The molecule has 0 atom stereocenters. The molecule has 0 bridgehead atoms. The lowest BCUT2D eigenvalue weighted by atomic mass is 9.57. The molecule has 5 aliphatic heterocycles. The first kappa shape index (κ1) is 33.8. The van der Waals surface area contributed by atoms with Gasteiger partial charge in [0.2, 0.25) is 0 Å². The molecule has 1 spiro atoms. The molecule has 268 valence electrons. The van der Waals surface area contributed by atoms with E-state index in [-0.39, 0.29) is 29.1 Å². The summed E-state index contributed by atoms with van der Waals surface area (Å²) in [5.74, 6) is 6.15. The van der Waals surface area contributed by atoms with Crippen molar-refractivity contribution in [1.82, 2.24) is 0 Å². The van der Waals surface area contributed by atoms with E-state index in [0.717, 1.165) is 61.0 Å². The van der Waals surface area contributed by atoms with E-state index in [1.54, 1.807) is 6.07 Å². The van der Waals surface area contributed by atoms with Gasteiger partial charge in [-0.15, -0.1) is 0 Å². The lowest BCUT2D eigenvalue weighted by molar-refractivity contribution is 0.0230. The molecular weight excluding hydrogens is 664 g/mol. The number of carbonyl (C=O) groups excluding carboxylic acids is 1. The molecular formula is C46H49ClN2O3. The predicted molar refractivity (Wildman–Crippen MR) is 212 cm³/mol. The molecule has 0 amide bonds. The topological polar surface area (TPSA) is 53.0 Å². The van der Waals surface area contributed by atoms with E-state index < -0.39 is 5.60 Å². The van der Waals surface area contributed by atoms with Gasteiger partial charge in [-0.25, -0.2) is 4.79 Å². The highest BCUT2D eigenvalue weighted by Crippen LogP contribution is 2.64. The Bertz CT molecular complexity index is 2170. The Kier molecular flexibility index (Phi) is 7.18. The summed E-state index contributed by atoms with van der Waals surface area (Å²) in [4.78, 5) is 19.7. The van der Waals surface area contributed by atoms with Crippen LogP contribution < -0.4 is 9.80 Å². The normalized spacial score (nSPS) is 21.5. The third-order valence-electron chi connectivity index (χ3n) is 13.0. The smallest absolute Gasteiger partial charge is 0.341 e. The van der Waals surface area contributed by atoms with Crippen molar-refractivity contribution >= 4 is 40.1 Å². The molecule has 3 aromatic carbocycles. The Labute approximate surface area is 313 Å². The average molecular weight is 713 g/mol. The van der Waals surface area contributed by atoms with Crippen molar-refractivity contribution in [2.75, 3.05) is 29.5 Å². The van der Waals surface area contributed by atoms with E-state index in [1.165, 1.54) is 55.9 Å². The molecule has 9 rings (SSSR count). The number of esters is 1. The number of aliphatic hydroxyl groups is 1. The number of aliphatic hydroxyl groups excluding tert-OH is 1. The molecule has 6 heteroatoms. The Balaban J connectivity index is 1.45. The van der Waals surface area contributed by atoms with Crippen molar-refractivity contribution in [1.29, 1.82) is 0 Å². The summed E-state index contributed by atoms with van der Waals surface area (Å²) in [5, 5.41) is 9.76. The number of unbranched alkanes of at least 4 members (excludes halogenated alkanes) is 1. The van der Waals surface area contributed by atoms with Gasteiger partial charge in [-0.2, -0.15) is 0 Å².